The van der Waals surface area contributed by atoms with Crippen LogP contribution in [0.1, 0.15) is 439 Å². The Balaban J connectivity index is 0.000000325. The second-order valence-corrected chi connectivity index (χ2v) is 41.7. The van der Waals surface area contributed by atoms with Gasteiger partial charge in [0.05, 0.1) is 34.4 Å². The van der Waals surface area contributed by atoms with Crippen LogP contribution in [0.4, 0.5) is 4.39 Å². The van der Waals surface area contributed by atoms with Gasteiger partial charge in [0.15, 0.2) is 0 Å². The van der Waals surface area contributed by atoms with E-state index in [9.17, 15) is 47.5 Å². The number of likely N-dealkylation sites (N-methyl/N-ethyl adjacent to an activating group) is 1. The Morgan fingerprint density at radius 2 is 0.651 bits per heavy atom. The summed E-state index contributed by atoms with van der Waals surface area (Å²) in [5, 5.41) is 0. The summed E-state index contributed by atoms with van der Waals surface area (Å²) in [5.74, 6) is 2.49. The third-order valence-electron chi connectivity index (χ3n) is 26.2. The molecule has 8 amide bonds. The van der Waals surface area contributed by atoms with Crippen LogP contribution in [-0.4, -0.2) is 213 Å². The fourth-order valence-corrected chi connectivity index (χ4v) is 16.5. The highest BCUT2D eigenvalue weighted by Crippen LogP contribution is 2.31. The maximum Gasteiger partial charge on any atom is 0.256 e. The summed E-state index contributed by atoms with van der Waals surface area (Å²) in [6.45, 7) is 42.6. The Hall–Kier alpha value is -12.8. The quantitative estimate of drug-likeness (QED) is 0.0625. The smallest absolute Gasteiger partial charge is 0.256 e. The van der Waals surface area contributed by atoms with Crippen molar-refractivity contribution >= 4 is 53.0 Å². The molecule has 149 heavy (non-hydrogen) atoms. The molecule has 4 fully saturated rings. The number of halogens is 1. The fourth-order valence-electron chi connectivity index (χ4n) is 16.5. The second-order valence-electron chi connectivity index (χ2n) is 41.7. The van der Waals surface area contributed by atoms with E-state index in [0.29, 0.717) is 76.5 Å². The molecule has 0 saturated carbocycles. The molecule has 0 aliphatic carbocycles. The van der Waals surface area contributed by atoms with Gasteiger partial charge in [0, 0.05) is 156 Å². The van der Waals surface area contributed by atoms with Crippen molar-refractivity contribution in [1.82, 2.24) is 39.2 Å². The highest BCUT2D eigenvalue weighted by Gasteiger charge is 2.33. The first-order valence-corrected chi connectivity index (χ1v) is 52.4. The number of methoxy groups -OCH3 is 2. The van der Waals surface area contributed by atoms with Gasteiger partial charge in [-0.3, -0.25) is 43.2 Å². The Bertz CT molecular complexity index is 6550. The van der Waals surface area contributed by atoms with Crippen LogP contribution in [0.5, 0.6) is 11.5 Å². The van der Waals surface area contributed by atoms with Crippen molar-refractivity contribution in [3.8, 4) is 11.5 Å². The normalized spacial score (nSPS) is 16.0. The van der Waals surface area contributed by atoms with Crippen LogP contribution < -0.4 is 9.47 Å². The number of rotatable bonds is 22. The lowest BCUT2D eigenvalue weighted by Crippen LogP contribution is -2.42. The second kappa shape index (κ2) is 63.9. The number of nitrogens with zero attached hydrogens (tertiary/aromatic N) is 8. The number of hydrogen-bond acceptors (Lipinski definition) is 11. The number of likely N-dealkylation sites (tertiary alicyclic amines) is 4. The lowest BCUT2D eigenvalue weighted by molar-refractivity contribution is -0.117. The van der Waals surface area contributed by atoms with Gasteiger partial charge in [-0.2, -0.15) is 0 Å². The van der Waals surface area contributed by atoms with Crippen molar-refractivity contribution in [3.05, 3.63) is 342 Å². The van der Waals surface area contributed by atoms with E-state index in [0.717, 1.165) is 140 Å². The monoisotopic (exact) mass is 2050 g/mol. The number of piperidine rings is 1. The van der Waals surface area contributed by atoms with E-state index in [2.05, 4.69) is 135 Å². The van der Waals surface area contributed by atoms with Crippen molar-refractivity contribution in [2.75, 3.05) is 109 Å². The molecule has 19 nitrogen and oxygen atoms in total. The molecule has 4 saturated heterocycles. The lowest BCUT2D eigenvalue weighted by atomic mass is 9.94. The maximum absolute atomic E-state index is 13.7. The highest BCUT2D eigenvalue weighted by atomic mass is 19.1. The van der Waals surface area contributed by atoms with E-state index >= 15 is 0 Å². The van der Waals surface area contributed by atoms with Gasteiger partial charge in [-0.25, -0.2) is 4.39 Å². The first-order chi connectivity index (χ1) is 77.5. The van der Waals surface area contributed by atoms with Crippen LogP contribution in [0, 0.1) is 12.7 Å². The van der Waals surface area contributed by atoms with Gasteiger partial charge >= 0.3 is 0 Å². The zero-order chi connectivity index (χ0) is 126. The Kier molecular flexibility index (Phi) is 42.6. The van der Waals surface area contributed by atoms with Crippen molar-refractivity contribution < 1.29 is 81.7 Å². The van der Waals surface area contributed by atoms with E-state index in [1.165, 1.54) is 76.4 Å². The van der Waals surface area contributed by atoms with Gasteiger partial charge in [0.1, 0.15) is 23.1 Å². The van der Waals surface area contributed by atoms with E-state index in [1.807, 2.05) is 166 Å². The molecule has 0 N–H and O–H groups in total. The zero-order valence-electron chi connectivity index (χ0n) is 111. The van der Waals surface area contributed by atoms with Crippen molar-refractivity contribution in [1.29, 1.82) is 0 Å². The molecule has 0 spiro atoms. The molecule has 4 heterocycles. The molecule has 0 unspecified atom stereocenters. The standard InChI is InChI=1S/C16H23NO.C15H21NO.C14H18FNO.C14H19NO2.C13H17NO.C13H19NO.2C12H17NO.2C10H14O/c1-11(2)14-6-5-7-15(10-14)16(18)17-12(3)8-9-13(17)4;1-12(2)13-7-6-8-14(11-13)15(17)16-9-4-3-5-10-16;1-10(2)11-5-6-13(15)12(9-11)14(17)16-7-3-4-8-16;1-10(2)12-6-5-7-13(8-12)14(17)15(4)9-11(3)16;1-10(2)11-5-3-6-12(9-11)13(15)14-7-4-8-14;1-9(2)11-7-6-8-12(10(11)3)13(15)14(4)5;1-9(2)10-5-7-11(8-6-10)12(14)13(3)4;1-9(2)10-6-5-7-11(8-10)12(14)13(3)4;1-8(2)9-4-6-10(11-3)7-5-9;1-8(2)9-5-4-6-10(7-9)11-3/h5-7,10-13H,8-9H2,1-4H3;6-8,11-12H,3-5,9-10H2,1-2H3;5-6,9-10H,3-4,7-8H2,1-2H3;5-8,10H,9H2,1-4H3;3,5-6,9-10H,4,7-8H2,1-2H3;6-9H,1-5H3;2*5-9H,1-4H3;2*4-8H,1-3H3/t12-,13-;;;;;;;;;/m1........./s1/i;;;;;;2*3D3,4D3;2*3D3. The zero-order valence-corrected chi connectivity index (χ0v) is 93.4. The van der Waals surface area contributed by atoms with Gasteiger partial charge in [-0.1, -0.05) is 254 Å². The minimum Gasteiger partial charge on any atom is -0.497 e. The first-order valence-electron chi connectivity index (χ1n) is 61.4. The highest BCUT2D eigenvalue weighted by molar-refractivity contribution is 5.99. The molecule has 4 aliphatic heterocycles. The predicted molar refractivity (Wildman–Crippen MR) is 615 cm³/mol. The van der Waals surface area contributed by atoms with Crippen molar-refractivity contribution in [2.45, 2.75) is 289 Å². The molecule has 0 aromatic heterocycles. The van der Waals surface area contributed by atoms with E-state index in [-0.39, 0.29) is 86.1 Å². The van der Waals surface area contributed by atoms with Crippen LogP contribution in [0.15, 0.2) is 231 Å². The number of ketones is 1. The number of benzene rings is 10. The van der Waals surface area contributed by atoms with Gasteiger partial charge in [0.25, 0.3) is 47.3 Å². The predicted octanol–water partition coefficient (Wildman–Crippen LogP) is 29.1. The average Bonchev–Trinajstić information content (AvgIpc) is 1.50. The Morgan fingerprint density at radius 3 is 1.03 bits per heavy atom. The summed E-state index contributed by atoms with van der Waals surface area (Å²) in [4.78, 5) is 119. The van der Waals surface area contributed by atoms with E-state index in [4.69, 9.17) is 34.1 Å². The van der Waals surface area contributed by atoms with Crippen LogP contribution in [0.3, 0.4) is 0 Å². The number of ether oxygens (including phenoxy) is 2. The SMILES string of the molecule is CC(=O)CN(C)C(=O)c1cccc(C(C)C)c1.CC(C)c1ccc(F)c(C(=O)N2CCCC2)c1.CC(C)c1cccc(C(=O)N2CCC2)c1.CC(C)c1cccc(C(=O)N2CCCCC2)c1.CC(C)c1cccc(C(=O)N2[C@H](C)CC[C@H]2C)c1.Cc1c(C(=O)N(C)C)cccc1C(C)C.[2H]C([2H])([2H])N(C(=O)c1ccc(C(C)C)cc1)C([2H])([2H])[2H].[2H]C([2H])([2H])N(C(=O)c1cccc(C(C)C)c1)C([2H])([2H])[2H].[2H]C([2H])([2H])Oc1ccc(C(C)C)cc1.[2H]C([2H])([2H])Oc1cccc(C(C)C)c1. The minimum absolute atomic E-state index is 0.0131. The fraction of sp³-hybridized carbons (Fsp3) is 0.465. The van der Waals surface area contributed by atoms with E-state index in [1.54, 1.807) is 104 Å². The minimum atomic E-state index is -3.02. The molecule has 4 aliphatic rings. The summed E-state index contributed by atoms with van der Waals surface area (Å²) in [7, 11) is 0.481. The summed E-state index contributed by atoms with van der Waals surface area (Å²) < 4.78 is 152. The summed E-state index contributed by atoms with van der Waals surface area (Å²) >= 11 is 0. The van der Waals surface area contributed by atoms with Crippen molar-refractivity contribution in [2.24, 2.45) is 0 Å². The number of carbonyl (C=O) groups is 9. The molecule has 10 aromatic rings. The number of carbonyl (C=O) groups excluding carboxylic acids is 9. The lowest BCUT2D eigenvalue weighted by Gasteiger charge is -2.31. The first kappa shape index (κ1) is 99.4. The van der Waals surface area contributed by atoms with Crippen LogP contribution >= 0.6 is 0 Å². The topological polar surface area (TPSA) is 198 Å². The number of amides is 8. The molecule has 14 rings (SSSR count). The molecule has 0 bridgehead atoms. The largest absolute Gasteiger partial charge is 0.497 e. The Labute approximate surface area is 920 Å². The molecule has 2 atom stereocenters. The van der Waals surface area contributed by atoms with Crippen LogP contribution in [0.25, 0.3) is 0 Å². The van der Waals surface area contributed by atoms with Crippen LogP contribution in [0.2, 0.25) is 0 Å². The third kappa shape index (κ3) is 41.6. The Morgan fingerprint density at radius 1 is 0.322 bits per heavy atom. The van der Waals surface area contributed by atoms with Gasteiger partial charge in [-0.15, -0.1) is 0 Å². The summed E-state index contributed by atoms with van der Waals surface area (Å²) in [6, 6.07) is 70.1. The maximum atomic E-state index is 13.7. The molecular weight excluding hydrogens is 1860 g/mol. The molecule has 20 heteroatoms. The number of hydrogen-bond donors (Lipinski definition) is 0. The van der Waals surface area contributed by atoms with Gasteiger partial charge in [0.2, 0.25) is 0 Å². The van der Waals surface area contributed by atoms with Gasteiger partial charge < -0.3 is 48.7 Å². The third-order valence-corrected chi connectivity index (χ3v) is 26.2. The summed E-state index contributed by atoms with van der Waals surface area (Å²) in [6.07, 6.45) is 9.00. The molecule has 808 valence electrons. The van der Waals surface area contributed by atoms with Crippen LogP contribution in [-0.2, 0) is 4.79 Å². The number of Topliss-reactive ketones (excluding diaryl/α,β-unsaturated/α-hetero) is 1. The van der Waals surface area contributed by atoms with Crippen molar-refractivity contribution in [3.63, 3.8) is 0 Å². The average molecular weight is 2060 g/mol. The molecule has 0 radical (unpaired) electrons. The summed E-state index contributed by atoms with van der Waals surface area (Å²) in [5.41, 5.74) is 16.6. The van der Waals surface area contributed by atoms with Gasteiger partial charge in [-0.05, 0) is 315 Å². The molecule has 10 aromatic carbocycles. The van der Waals surface area contributed by atoms with E-state index < -0.39 is 59.6 Å². The molecular formula is C129H179FN8O11.